The molecule has 4 rings (SSSR count). The summed E-state index contributed by atoms with van der Waals surface area (Å²) < 4.78 is 0. The molecule has 6 nitrogen and oxygen atoms in total. The summed E-state index contributed by atoms with van der Waals surface area (Å²) in [6.45, 7) is 2.85. The van der Waals surface area contributed by atoms with Crippen molar-refractivity contribution in [1.29, 1.82) is 0 Å². The molecule has 1 fully saturated rings. The van der Waals surface area contributed by atoms with Crippen LogP contribution in [-0.2, 0) is 6.54 Å². The molecule has 0 aliphatic carbocycles. The van der Waals surface area contributed by atoms with Crippen LogP contribution in [0.3, 0.4) is 0 Å². The smallest absolute Gasteiger partial charge is 0.280 e. The standard InChI is InChI=1S/C20H20N4O2/c25-19-18(21-16-9-4-5-10-17(16)22-19)20(26)24-12-6-11-23(14-24)13-15-7-2-1-3-8-15/h1-5,7-10H,6,11-14H2,(H,22,25). The van der Waals surface area contributed by atoms with Gasteiger partial charge in [-0.3, -0.25) is 14.5 Å². The Morgan fingerprint density at radius 2 is 1.81 bits per heavy atom. The van der Waals surface area contributed by atoms with Gasteiger partial charge in [0.2, 0.25) is 0 Å². The number of hydrogen-bond acceptors (Lipinski definition) is 4. The van der Waals surface area contributed by atoms with Crippen LogP contribution < -0.4 is 5.56 Å². The molecule has 0 saturated carbocycles. The molecule has 6 heteroatoms. The van der Waals surface area contributed by atoms with Gasteiger partial charge in [0.15, 0.2) is 5.69 Å². The summed E-state index contributed by atoms with van der Waals surface area (Å²) in [4.78, 5) is 36.2. The van der Waals surface area contributed by atoms with Crippen molar-refractivity contribution in [3.8, 4) is 0 Å². The summed E-state index contributed by atoms with van der Waals surface area (Å²) in [5, 5.41) is 0. The molecule has 2 heterocycles. The summed E-state index contributed by atoms with van der Waals surface area (Å²) in [7, 11) is 0. The minimum absolute atomic E-state index is 0.0368. The molecule has 0 radical (unpaired) electrons. The number of nitrogens with one attached hydrogen (secondary N) is 1. The number of aromatic nitrogens is 2. The van der Waals surface area contributed by atoms with Gasteiger partial charge in [-0.2, -0.15) is 0 Å². The summed E-state index contributed by atoms with van der Waals surface area (Å²) >= 11 is 0. The van der Waals surface area contributed by atoms with Crippen LogP contribution in [0.2, 0.25) is 0 Å². The van der Waals surface area contributed by atoms with Crippen molar-refractivity contribution < 1.29 is 4.79 Å². The fourth-order valence-corrected chi connectivity index (χ4v) is 3.33. The average molecular weight is 348 g/mol. The Hall–Kier alpha value is -2.99. The molecular formula is C20H20N4O2. The number of para-hydroxylation sites is 2. The van der Waals surface area contributed by atoms with Crippen molar-refractivity contribution in [3.05, 3.63) is 76.2 Å². The van der Waals surface area contributed by atoms with Crippen LogP contribution in [0.5, 0.6) is 0 Å². The highest BCUT2D eigenvalue weighted by atomic mass is 16.2. The zero-order valence-electron chi connectivity index (χ0n) is 14.4. The highest BCUT2D eigenvalue weighted by molar-refractivity contribution is 5.93. The zero-order valence-corrected chi connectivity index (χ0v) is 14.4. The molecule has 0 bridgehead atoms. The van der Waals surface area contributed by atoms with E-state index in [2.05, 4.69) is 27.0 Å². The monoisotopic (exact) mass is 348 g/mol. The minimum atomic E-state index is -0.436. The van der Waals surface area contributed by atoms with Gasteiger partial charge in [0.05, 0.1) is 17.7 Å². The Kier molecular flexibility index (Phi) is 4.50. The number of fused-ring (bicyclic) bond motifs is 1. The van der Waals surface area contributed by atoms with E-state index in [1.165, 1.54) is 5.56 Å². The molecule has 3 aromatic rings. The number of carbonyl (C=O) groups excluding carboxylic acids is 1. The number of carbonyl (C=O) groups is 1. The second-order valence-electron chi connectivity index (χ2n) is 6.53. The lowest BCUT2D eigenvalue weighted by molar-refractivity contribution is 0.0473. The molecular weight excluding hydrogens is 328 g/mol. The third kappa shape index (κ3) is 3.36. The first-order valence-corrected chi connectivity index (χ1v) is 8.75. The molecule has 2 aromatic carbocycles. The summed E-state index contributed by atoms with van der Waals surface area (Å²) in [6, 6.07) is 17.4. The van der Waals surface area contributed by atoms with Gasteiger partial charge in [0.25, 0.3) is 11.5 Å². The van der Waals surface area contributed by atoms with E-state index in [1.807, 2.05) is 30.3 Å². The van der Waals surface area contributed by atoms with Crippen molar-refractivity contribution in [2.24, 2.45) is 0 Å². The van der Waals surface area contributed by atoms with Gasteiger partial charge >= 0.3 is 0 Å². The van der Waals surface area contributed by atoms with Crippen LogP contribution in [-0.4, -0.2) is 45.4 Å². The predicted molar refractivity (Wildman–Crippen MR) is 99.7 cm³/mol. The van der Waals surface area contributed by atoms with Crippen LogP contribution in [0, 0.1) is 0 Å². The quantitative estimate of drug-likeness (QED) is 0.788. The number of amides is 1. The first-order valence-electron chi connectivity index (χ1n) is 8.75. The molecule has 0 atom stereocenters. The Morgan fingerprint density at radius 3 is 2.65 bits per heavy atom. The molecule has 1 aliphatic rings. The fourth-order valence-electron chi connectivity index (χ4n) is 3.33. The molecule has 26 heavy (non-hydrogen) atoms. The van der Waals surface area contributed by atoms with Gasteiger partial charge in [0.1, 0.15) is 0 Å². The van der Waals surface area contributed by atoms with Crippen LogP contribution in [0.1, 0.15) is 22.5 Å². The average Bonchev–Trinajstić information content (AvgIpc) is 2.68. The summed E-state index contributed by atoms with van der Waals surface area (Å²) in [6.07, 6.45) is 0.879. The molecule has 1 saturated heterocycles. The van der Waals surface area contributed by atoms with Gasteiger partial charge in [0, 0.05) is 19.6 Å². The van der Waals surface area contributed by atoms with Gasteiger partial charge < -0.3 is 9.88 Å². The van der Waals surface area contributed by atoms with Crippen LogP contribution in [0.15, 0.2) is 59.4 Å². The Labute approximate surface area is 151 Å². The maximum Gasteiger partial charge on any atom is 0.280 e. The first-order chi connectivity index (χ1) is 12.7. The summed E-state index contributed by atoms with van der Waals surface area (Å²) in [5.74, 6) is -0.310. The highest BCUT2D eigenvalue weighted by Crippen LogP contribution is 2.13. The predicted octanol–water partition coefficient (Wildman–Crippen LogP) is 2.23. The van der Waals surface area contributed by atoms with Crippen molar-refractivity contribution in [2.45, 2.75) is 13.0 Å². The van der Waals surface area contributed by atoms with Crippen molar-refractivity contribution in [1.82, 2.24) is 19.8 Å². The third-order valence-corrected chi connectivity index (χ3v) is 4.61. The first kappa shape index (κ1) is 16.5. The van der Waals surface area contributed by atoms with E-state index in [9.17, 15) is 9.59 Å². The minimum Gasteiger partial charge on any atom is -0.324 e. The number of H-pyrrole nitrogens is 1. The number of aromatic amines is 1. The van der Waals surface area contributed by atoms with Gasteiger partial charge in [-0.15, -0.1) is 0 Å². The third-order valence-electron chi connectivity index (χ3n) is 4.61. The molecule has 1 aromatic heterocycles. The second-order valence-corrected chi connectivity index (χ2v) is 6.53. The molecule has 0 spiro atoms. The summed E-state index contributed by atoms with van der Waals surface area (Å²) in [5.41, 5.74) is 2.00. The molecule has 0 unspecified atom stereocenters. The largest absolute Gasteiger partial charge is 0.324 e. The lowest BCUT2D eigenvalue weighted by atomic mass is 10.2. The lowest BCUT2D eigenvalue weighted by Crippen LogP contribution is -2.48. The van der Waals surface area contributed by atoms with Crippen molar-refractivity contribution in [2.75, 3.05) is 19.8 Å². The highest BCUT2D eigenvalue weighted by Gasteiger charge is 2.25. The SMILES string of the molecule is O=C(c1nc2ccccc2[nH]c1=O)N1CCCN(Cc2ccccc2)C1. The lowest BCUT2D eigenvalue weighted by Gasteiger charge is -2.35. The number of rotatable bonds is 3. The van der Waals surface area contributed by atoms with E-state index in [4.69, 9.17) is 0 Å². The number of nitrogens with zero attached hydrogens (tertiary/aromatic N) is 3. The Morgan fingerprint density at radius 1 is 1.04 bits per heavy atom. The molecule has 132 valence electrons. The fraction of sp³-hybridized carbons (Fsp3) is 0.250. The van der Waals surface area contributed by atoms with E-state index in [1.54, 1.807) is 17.0 Å². The Balaban J connectivity index is 1.54. The maximum atomic E-state index is 12.9. The van der Waals surface area contributed by atoms with E-state index in [0.29, 0.717) is 24.2 Å². The van der Waals surface area contributed by atoms with Crippen LogP contribution >= 0.6 is 0 Å². The number of benzene rings is 2. The van der Waals surface area contributed by atoms with E-state index in [-0.39, 0.29) is 11.6 Å². The van der Waals surface area contributed by atoms with Crippen molar-refractivity contribution >= 4 is 16.9 Å². The zero-order chi connectivity index (χ0) is 17.9. The van der Waals surface area contributed by atoms with Crippen LogP contribution in [0.25, 0.3) is 11.0 Å². The normalized spacial score (nSPS) is 15.3. The van der Waals surface area contributed by atoms with Crippen LogP contribution in [0.4, 0.5) is 0 Å². The van der Waals surface area contributed by atoms with Gasteiger partial charge in [-0.25, -0.2) is 4.98 Å². The Bertz CT molecular complexity index is 984. The van der Waals surface area contributed by atoms with E-state index < -0.39 is 5.56 Å². The van der Waals surface area contributed by atoms with Gasteiger partial charge in [-0.05, 0) is 24.1 Å². The second kappa shape index (κ2) is 7.09. The molecule has 1 aliphatic heterocycles. The molecule has 1 N–H and O–H groups in total. The maximum absolute atomic E-state index is 12.9. The van der Waals surface area contributed by atoms with E-state index >= 15 is 0 Å². The topological polar surface area (TPSA) is 69.3 Å². The van der Waals surface area contributed by atoms with Crippen molar-refractivity contribution in [3.63, 3.8) is 0 Å². The van der Waals surface area contributed by atoms with Gasteiger partial charge in [-0.1, -0.05) is 42.5 Å². The van der Waals surface area contributed by atoms with E-state index in [0.717, 1.165) is 19.5 Å². The molecule has 1 amide bonds. The number of hydrogen-bond donors (Lipinski definition) is 1.